The molecular weight excluding hydrogens is 280 g/mol. The zero-order valence-electron chi connectivity index (χ0n) is 12.7. The Labute approximate surface area is 123 Å². The Kier molecular flexibility index (Phi) is 6.61. The number of hydrogen-bond acceptors (Lipinski definition) is 7. The Bertz CT molecular complexity index is 389. The number of hydrogen-bond donors (Lipinski definition) is 0. The second-order valence-corrected chi connectivity index (χ2v) is 5.42. The number of esters is 3. The van der Waals surface area contributed by atoms with E-state index < -0.39 is 17.5 Å². The summed E-state index contributed by atoms with van der Waals surface area (Å²) >= 11 is 0. The SMILES string of the molecule is CCC(C)(C)C(=O)OCCOCC(=O)OC1COC(=O)C1. The van der Waals surface area contributed by atoms with E-state index >= 15 is 0 Å². The highest BCUT2D eigenvalue weighted by molar-refractivity contribution is 5.76. The minimum absolute atomic E-state index is 0.0788. The fraction of sp³-hybridized carbons (Fsp3) is 0.786. The standard InChI is InChI=1S/C14H22O7/c1-4-14(2,3)13(17)19-6-5-18-9-12(16)21-10-7-11(15)20-8-10/h10H,4-9H2,1-3H3. The van der Waals surface area contributed by atoms with Crippen LogP contribution in [0.2, 0.25) is 0 Å². The maximum absolute atomic E-state index is 11.6. The largest absolute Gasteiger partial charge is 0.463 e. The van der Waals surface area contributed by atoms with Crippen molar-refractivity contribution >= 4 is 17.9 Å². The summed E-state index contributed by atoms with van der Waals surface area (Å²) in [6.45, 7) is 5.55. The molecule has 0 aromatic rings. The van der Waals surface area contributed by atoms with Crippen LogP contribution in [0.4, 0.5) is 0 Å². The Morgan fingerprint density at radius 1 is 1.33 bits per heavy atom. The highest BCUT2D eigenvalue weighted by Gasteiger charge is 2.28. The summed E-state index contributed by atoms with van der Waals surface area (Å²) in [7, 11) is 0. The number of carbonyl (C=O) groups excluding carboxylic acids is 3. The molecular formula is C14H22O7. The zero-order chi connectivity index (χ0) is 15.9. The van der Waals surface area contributed by atoms with Gasteiger partial charge in [0.25, 0.3) is 0 Å². The number of ether oxygens (including phenoxy) is 4. The molecule has 0 aromatic carbocycles. The van der Waals surface area contributed by atoms with E-state index in [1.54, 1.807) is 13.8 Å². The van der Waals surface area contributed by atoms with Crippen LogP contribution in [0, 0.1) is 5.41 Å². The number of rotatable bonds is 8. The van der Waals surface area contributed by atoms with Crippen molar-refractivity contribution in [2.45, 2.75) is 39.7 Å². The van der Waals surface area contributed by atoms with Gasteiger partial charge in [-0.3, -0.25) is 9.59 Å². The van der Waals surface area contributed by atoms with E-state index in [9.17, 15) is 14.4 Å². The van der Waals surface area contributed by atoms with Crippen LogP contribution < -0.4 is 0 Å². The molecule has 0 N–H and O–H groups in total. The molecule has 7 heteroatoms. The first-order chi connectivity index (χ1) is 9.85. The molecule has 0 aromatic heterocycles. The van der Waals surface area contributed by atoms with Crippen molar-refractivity contribution in [2.75, 3.05) is 26.4 Å². The fourth-order valence-electron chi connectivity index (χ4n) is 1.47. The number of carbonyl (C=O) groups is 3. The molecule has 1 aliphatic rings. The molecule has 21 heavy (non-hydrogen) atoms. The Morgan fingerprint density at radius 3 is 2.62 bits per heavy atom. The van der Waals surface area contributed by atoms with Gasteiger partial charge in [-0.25, -0.2) is 4.79 Å². The third kappa shape index (κ3) is 6.12. The summed E-state index contributed by atoms with van der Waals surface area (Å²) in [5.41, 5.74) is -0.520. The smallest absolute Gasteiger partial charge is 0.332 e. The molecule has 1 fully saturated rings. The average molecular weight is 302 g/mol. The first-order valence-corrected chi connectivity index (χ1v) is 6.95. The van der Waals surface area contributed by atoms with Crippen molar-refractivity contribution in [1.82, 2.24) is 0 Å². The predicted molar refractivity (Wildman–Crippen MR) is 71.3 cm³/mol. The van der Waals surface area contributed by atoms with Crippen molar-refractivity contribution in [2.24, 2.45) is 5.41 Å². The van der Waals surface area contributed by atoms with Crippen molar-refractivity contribution in [3.05, 3.63) is 0 Å². The highest BCUT2D eigenvalue weighted by Crippen LogP contribution is 2.21. The predicted octanol–water partition coefficient (Wildman–Crippen LogP) is 0.841. The molecule has 1 aliphatic heterocycles. The molecule has 0 spiro atoms. The van der Waals surface area contributed by atoms with Gasteiger partial charge in [0, 0.05) is 0 Å². The molecule has 120 valence electrons. The van der Waals surface area contributed by atoms with Crippen LogP contribution in [0.1, 0.15) is 33.6 Å². The molecule has 0 amide bonds. The second kappa shape index (κ2) is 7.97. The summed E-state index contributed by atoms with van der Waals surface area (Å²) < 4.78 is 19.7. The lowest BCUT2D eigenvalue weighted by Crippen LogP contribution is -2.27. The van der Waals surface area contributed by atoms with Crippen molar-refractivity contribution in [1.29, 1.82) is 0 Å². The second-order valence-electron chi connectivity index (χ2n) is 5.42. The average Bonchev–Trinajstić information content (AvgIpc) is 2.83. The quantitative estimate of drug-likeness (QED) is 0.373. The summed E-state index contributed by atoms with van der Waals surface area (Å²) in [4.78, 5) is 33.8. The van der Waals surface area contributed by atoms with Crippen molar-refractivity contribution < 1.29 is 33.3 Å². The molecule has 1 heterocycles. The lowest BCUT2D eigenvalue weighted by atomic mass is 9.91. The van der Waals surface area contributed by atoms with Gasteiger partial charge in [-0.15, -0.1) is 0 Å². The topological polar surface area (TPSA) is 88.1 Å². The van der Waals surface area contributed by atoms with Crippen LogP contribution in [0.5, 0.6) is 0 Å². The summed E-state index contributed by atoms with van der Waals surface area (Å²) in [6, 6.07) is 0. The van der Waals surface area contributed by atoms with Crippen LogP contribution in [0.25, 0.3) is 0 Å². The first kappa shape index (κ1) is 17.4. The molecule has 0 aliphatic carbocycles. The summed E-state index contributed by atoms with van der Waals surface area (Å²) in [5.74, 6) is -1.24. The molecule has 1 unspecified atom stereocenters. The molecule has 1 saturated heterocycles. The minimum atomic E-state index is -0.571. The fourth-order valence-corrected chi connectivity index (χ4v) is 1.47. The third-order valence-corrected chi connectivity index (χ3v) is 3.24. The summed E-state index contributed by atoms with van der Waals surface area (Å²) in [5, 5.41) is 0. The normalized spacial score (nSPS) is 18.2. The summed E-state index contributed by atoms with van der Waals surface area (Å²) in [6.07, 6.45) is 0.230. The van der Waals surface area contributed by atoms with E-state index in [1.807, 2.05) is 6.92 Å². The van der Waals surface area contributed by atoms with Gasteiger partial charge in [0.2, 0.25) is 0 Å². The molecule has 0 saturated carbocycles. The van der Waals surface area contributed by atoms with Crippen LogP contribution in [0.3, 0.4) is 0 Å². The van der Waals surface area contributed by atoms with E-state index in [0.717, 1.165) is 0 Å². The van der Waals surface area contributed by atoms with E-state index in [1.165, 1.54) is 0 Å². The maximum Gasteiger partial charge on any atom is 0.332 e. The Morgan fingerprint density at radius 2 is 2.05 bits per heavy atom. The van der Waals surface area contributed by atoms with Gasteiger partial charge in [-0.1, -0.05) is 6.92 Å². The maximum atomic E-state index is 11.6. The van der Waals surface area contributed by atoms with Crippen LogP contribution >= 0.6 is 0 Å². The van der Waals surface area contributed by atoms with E-state index in [4.69, 9.17) is 14.2 Å². The highest BCUT2D eigenvalue weighted by atomic mass is 16.6. The lowest BCUT2D eigenvalue weighted by Gasteiger charge is -2.20. The minimum Gasteiger partial charge on any atom is -0.463 e. The van der Waals surface area contributed by atoms with Crippen molar-refractivity contribution in [3.63, 3.8) is 0 Å². The zero-order valence-corrected chi connectivity index (χ0v) is 12.7. The van der Waals surface area contributed by atoms with Gasteiger partial charge >= 0.3 is 17.9 Å². The van der Waals surface area contributed by atoms with Crippen LogP contribution in [-0.4, -0.2) is 50.4 Å². The van der Waals surface area contributed by atoms with Crippen LogP contribution in [-0.2, 0) is 33.3 Å². The van der Waals surface area contributed by atoms with Gasteiger partial charge < -0.3 is 18.9 Å². The Hall–Kier alpha value is -1.63. The van der Waals surface area contributed by atoms with Gasteiger partial charge in [-0.2, -0.15) is 0 Å². The third-order valence-electron chi connectivity index (χ3n) is 3.24. The van der Waals surface area contributed by atoms with Crippen molar-refractivity contribution in [3.8, 4) is 0 Å². The molecule has 0 radical (unpaired) electrons. The van der Waals surface area contributed by atoms with Gasteiger partial charge in [-0.05, 0) is 20.3 Å². The van der Waals surface area contributed by atoms with Crippen LogP contribution in [0.15, 0.2) is 0 Å². The Balaban J connectivity index is 2.07. The monoisotopic (exact) mass is 302 g/mol. The molecule has 0 bridgehead atoms. The first-order valence-electron chi connectivity index (χ1n) is 6.95. The van der Waals surface area contributed by atoms with Gasteiger partial charge in [0.05, 0.1) is 18.4 Å². The lowest BCUT2D eigenvalue weighted by molar-refractivity contribution is -0.158. The molecule has 1 rings (SSSR count). The molecule has 7 nitrogen and oxygen atoms in total. The van der Waals surface area contributed by atoms with E-state index in [-0.39, 0.29) is 44.8 Å². The van der Waals surface area contributed by atoms with Gasteiger partial charge in [0.1, 0.15) is 25.9 Å². The van der Waals surface area contributed by atoms with E-state index in [0.29, 0.717) is 6.42 Å². The number of cyclic esters (lactones) is 1. The van der Waals surface area contributed by atoms with E-state index in [2.05, 4.69) is 4.74 Å². The van der Waals surface area contributed by atoms with Gasteiger partial charge in [0.15, 0.2) is 0 Å². The molecule has 1 atom stereocenters.